The number of rotatable bonds is 8. The SMILES string of the molecule is CCCNC(Cc1ccc(Cl)cc1Cl)C(CC)CC. The van der Waals surface area contributed by atoms with Crippen LogP contribution in [0.1, 0.15) is 45.6 Å². The first-order chi connectivity index (χ1) is 9.12. The smallest absolute Gasteiger partial charge is 0.0453 e. The Bertz CT molecular complexity index is 375. The lowest BCUT2D eigenvalue weighted by Gasteiger charge is -2.27. The van der Waals surface area contributed by atoms with E-state index in [-0.39, 0.29) is 0 Å². The molecule has 0 fully saturated rings. The highest BCUT2D eigenvalue weighted by molar-refractivity contribution is 6.35. The Morgan fingerprint density at radius 2 is 1.79 bits per heavy atom. The molecule has 0 aliphatic rings. The van der Waals surface area contributed by atoms with Gasteiger partial charge in [-0.1, -0.05) is 62.9 Å². The van der Waals surface area contributed by atoms with Crippen molar-refractivity contribution in [2.24, 2.45) is 5.92 Å². The van der Waals surface area contributed by atoms with E-state index in [4.69, 9.17) is 23.2 Å². The Morgan fingerprint density at radius 1 is 1.11 bits per heavy atom. The van der Waals surface area contributed by atoms with Crippen molar-refractivity contribution < 1.29 is 0 Å². The van der Waals surface area contributed by atoms with E-state index in [0.717, 1.165) is 24.4 Å². The summed E-state index contributed by atoms with van der Waals surface area (Å²) in [5.41, 5.74) is 1.19. The molecule has 1 rings (SSSR count). The zero-order valence-electron chi connectivity index (χ0n) is 12.2. The largest absolute Gasteiger partial charge is 0.313 e. The lowest BCUT2D eigenvalue weighted by Crippen LogP contribution is -2.38. The van der Waals surface area contributed by atoms with Crippen molar-refractivity contribution in [2.45, 2.75) is 52.5 Å². The second kappa shape index (κ2) is 8.84. The molecule has 0 aliphatic heterocycles. The van der Waals surface area contributed by atoms with Gasteiger partial charge in [-0.05, 0) is 43.0 Å². The first-order valence-electron chi connectivity index (χ1n) is 7.29. The summed E-state index contributed by atoms with van der Waals surface area (Å²) in [6.07, 6.45) is 4.53. The predicted octanol–water partition coefficient (Wildman–Crippen LogP) is 5.34. The van der Waals surface area contributed by atoms with Crippen molar-refractivity contribution in [3.63, 3.8) is 0 Å². The molecule has 0 spiro atoms. The summed E-state index contributed by atoms with van der Waals surface area (Å²) in [4.78, 5) is 0. The third-order valence-corrected chi connectivity index (χ3v) is 4.32. The standard InChI is InChI=1S/C16H25Cl2N/c1-4-9-19-16(12(5-2)6-3)10-13-7-8-14(17)11-15(13)18/h7-8,11-12,16,19H,4-6,9-10H2,1-3H3. The van der Waals surface area contributed by atoms with E-state index >= 15 is 0 Å². The van der Waals surface area contributed by atoms with Crippen molar-refractivity contribution in [3.05, 3.63) is 33.8 Å². The van der Waals surface area contributed by atoms with Crippen LogP contribution >= 0.6 is 23.2 Å². The molecule has 1 N–H and O–H groups in total. The average Bonchev–Trinajstić information content (AvgIpc) is 2.39. The van der Waals surface area contributed by atoms with Gasteiger partial charge in [-0.3, -0.25) is 0 Å². The molecule has 108 valence electrons. The van der Waals surface area contributed by atoms with Gasteiger partial charge < -0.3 is 5.32 Å². The fourth-order valence-electron chi connectivity index (χ4n) is 2.52. The van der Waals surface area contributed by atoms with Crippen LogP contribution < -0.4 is 5.32 Å². The lowest BCUT2D eigenvalue weighted by atomic mass is 9.89. The van der Waals surface area contributed by atoms with Crippen LogP contribution in [-0.2, 0) is 6.42 Å². The molecule has 1 aromatic rings. The minimum absolute atomic E-state index is 0.494. The normalized spacial score (nSPS) is 12.9. The summed E-state index contributed by atoms with van der Waals surface area (Å²) in [7, 11) is 0. The Kier molecular flexibility index (Phi) is 7.82. The van der Waals surface area contributed by atoms with Gasteiger partial charge in [0, 0.05) is 16.1 Å². The van der Waals surface area contributed by atoms with Gasteiger partial charge in [0.2, 0.25) is 0 Å². The minimum atomic E-state index is 0.494. The number of halogens is 2. The molecular formula is C16H25Cl2N. The van der Waals surface area contributed by atoms with Crippen molar-refractivity contribution in [3.8, 4) is 0 Å². The maximum absolute atomic E-state index is 6.29. The summed E-state index contributed by atoms with van der Waals surface area (Å²) in [5, 5.41) is 5.15. The van der Waals surface area contributed by atoms with E-state index in [2.05, 4.69) is 26.1 Å². The minimum Gasteiger partial charge on any atom is -0.313 e. The van der Waals surface area contributed by atoms with Gasteiger partial charge in [-0.15, -0.1) is 0 Å². The maximum atomic E-state index is 6.29. The molecule has 3 heteroatoms. The third-order valence-electron chi connectivity index (χ3n) is 3.73. The molecule has 1 unspecified atom stereocenters. The van der Waals surface area contributed by atoms with Gasteiger partial charge in [0.1, 0.15) is 0 Å². The zero-order valence-corrected chi connectivity index (χ0v) is 13.7. The number of nitrogens with one attached hydrogen (secondary N) is 1. The highest BCUT2D eigenvalue weighted by Crippen LogP contribution is 2.25. The van der Waals surface area contributed by atoms with Crippen LogP contribution in [0.25, 0.3) is 0 Å². The molecule has 0 radical (unpaired) electrons. The monoisotopic (exact) mass is 301 g/mol. The average molecular weight is 302 g/mol. The van der Waals surface area contributed by atoms with Crippen LogP contribution in [0.15, 0.2) is 18.2 Å². The number of hydrogen-bond donors (Lipinski definition) is 1. The maximum Gasteiger partial charge on any atom is 0.0453 e. The Balaban J connectivity index is 2.80. The fourth-order valence-corrected chi connectivity index (χ4v) is 3.00. The molecule has 1 nitrogen and oxygen atoms in total. The molecule has 0 heterocycles. The van der Waals surface area contributed by atoms with Crippen molar-refractivity contribution in [2.75, 3.05) is 6.54 Å². The van der Waals surface area contributed by atoms with Crippen LogP contribution in [0.3, 0.4) is 0 Å². The van der Waals surface area contributed by atoms with Gasteiger partial charge in [-0.25, -0.2) is 0 Å². The van der Waals surface area contributed by atoms with Crippen LogP contribution in [-0.4, -0.2) is 12.6 Å². The topological polar surface area (TPSA) is 12.0 Å². The van der Waals surface area contributed by atoms with Crippen LogP contribution in [0.5, 0.6) is 0 Å². The second-order valence-corrected chi connectivity index (χ2v) is 5.92. The Morgan fingerprint density at radius 3 is 2.32 bits per heavy atom. The quantitative estimate of drug-likeness (QED) is 0.683. The number of hydrogen-bond acceptors (Lipinski definition) is 1. The van der Waals surface area contributed by atoms with E-state index in [1.165, 1.54) is 18.4 Å². The molecule has 0 saturated heterocycles. The van der Waals surface area contributed by atoms with Gasteiger partial charge >= 0.3 is 0 Å². The van der Waals surface area contributed by atoms with Gasteiger partial charge in [0.25, 0.3) is 0 Å². The molecule has 0 saturated carbocycles. The highest BCUT2D eigenvalue weighted by Gasteiger charge is 2.19. The van der Waals surface area contributed by atoms with Gasteiger partial charge in [0.15, 0.2) is 0 Å². The Hall–Kier alpha value is -0.240. The molecule has 0 amide bonds. The molecule has 1 aromatic carbocycles. The van der Waals surface area contributed by atoms with Crippen molar-refractivity contribution in [1.29, 1.82) is 0 Å². The second-order valence-electron chi connectivity index (χ2n) is 5.08. The third kappa shape index (κ3) is 5.33. The molecule has 0 bridgehead atoms. The van der Waals surface area contributed by atoms with E-state index in [0.29, 0.717) is 17.0 Å². The lowest BCUT2D eigenvalue weighted by molar-refractivity contribution is 0.332. The first kappa shape index (κ1) is 16.8. The highest BCUT2D eigenvalue weighted by atomic mass is 35.5. The molecule has 0 aliphatic carbocycles. The summed E-state index contributed by atoms with van der Waals surface area (Å²) in [6.45, 7) is 7.79. The van der Waals surface area contributed by atoms with Gasteiger partial charge in [-0.2, -0.15) is 0 Å². The van der Waals surface area contributed by atoms with Crippen molar-refractivity contribution in [1.82, 2.24) is 5.32 Å². The van der Waals surface area contributed by atoms with Gasteiger partial charge in [0.05, 0.1) is 0 Å². The summed E-state index contributed by atoms with van der Waals surface area (Å²) in [6, 6.07) is 6.30. The predicted molar refractivity (Wildman–Crippen MR) is 86.3 cm³/mol. The summed E-state index contributed by atoms with van der Waals surface area (Å²) < 4.78 is 0. The van der Waals surface area contributed by atoms with Crippen LogP contribution in [0, 0.1) is 5.92 Å². The van der Waals surface area contributed by atoms with Crippen LogP contribution in [0.2, 0.25) is 10.0 Å². The van der Waals surface area contributed by atoms with E-state index in [1.807, 2.05) is 18.2 Å². The number of benzene rings is 1. The van der Waals surface area contributed by atoms with E-state index in [1.54, 1.807) is 0 Å². The molecule has 19 heavy (non-hydrogen) atoms. The Labute approximate surface area is 127 Å². The molecule has 1 atom stereocenters. The summed E-state index contributed by atoms with van der Waals surface area (Å²) >= 11 is 12.2. The zero-order chi connectivity index (χ0) is 14.3. The van der Waals surface area contributed by atoms with E-state index < -0.39 is 0 Å². The summed E-state index contributed by atoms with van der Waals surface area (Å²) in [5.74, 6) is 0.693. The molecule has 0 aromatic heterocycles. The first-order valence-corrected chi connectivity index (χ1v) is 8.05. The molecular weight excluding hydrogens is 277 g/mol. The fraction of sp³-hybridized carbons (Fsp3) is 0.625. The van der Waals surface area contributed by atoms with Crippen molar-refractivity contribution >= 4 is 23.2 Å². The van der Waals surface area contributed by atoms with E-state index in [9.17, 15) is 0 Å². The van der Waals surface area contributed by atoms with Crippen LogP contribution in [0.4, 0.5) is 0 Å².